The number of urea groups is 1. The van der Waals surface area contributed by atoms with Crippen molar-refractivity contribution in [2.24, 2.45) is 0 Å². The molecule has 176 valence electrons. The zero-order chi connectivity index (χ0) is 23.7. The Morgan fingerprint density at radius 3 is 2.74 bits per heavy atom. The van der Waals surface area contributed by atoms with E-state index in [1.165, 1.54) is 6.33 Å². The number of amides is 3. The molecule has 5 rings (SSSR count). The fourth-order valence-electron chi connectivity index (χ4n) is 4.30. The number of aliphatic hydroxyl groups is 1. The van der Waals surface area contributed by atoms with E-state index in [0.29, 0.717) is 30.4 Å². The molecule has 0 saturated carbocycles. The Morgan fingerprint density at radius 1 is 1.15 bits per heavy atom. The predicted octanol–water partition coefficient (Wildman–Crippen LogP) is 2.07. The highest BCUT2D eigenvalue weighted by atomic mass is 16.3. The maximum atomic E-state index is 12.9. The smallest absolute Gasteiger partial charge is 0.320 e. The average Bonchev–Trinajstić information content (AvgIpc) is 3.63. The first-order chi connectivity index (χ1) is 16.5. The summed E-state index contributed by atoms with van der Waals surface area (Å²) in [6.07, 6.45) is 5.30. The van der Waals surface area contributed by atoms with Crippen LogP contribution < -0.4 is 5.32 Å². The third kappa shape index (κ3) is 4.21. The van der Waals surface area contributed by atoms with Crippen molar-refractivity contribution in [3.05, 3.63) is 53.6 Å². The van der Waals surface area contributed by atoms with Crippen LogP contribution in [0.15, 0.2) is 36.8 Å². The molecule has 1 fully saturated rings. The van der Waals surface area contributed by atoms with Crippen LogP contribution in [0.3, 0.4) is 0 Å². The van der Waals surface area contributed by atoms with Crippen LogP contribution in [0.25, 0.3) is 11.5 Å². The van der Waals surface area contributed by atoms with Gasteiger partial charge in [-0.25, -0.2) is 9.78 Å². The minimum absolute atomic E-state index is 0.0454. The summed E-state index contributed by atoms with van der Waals surface area (Å²) in [6.45, 7) is 4.37. The van der Waals surface area contributed by atoms with E-state index < -0.39 is 0 Å². The van der Waals surface area contributed by atoms with Crippen molar-refractivity contribution in [2.75, 3.05) is 25.0 Å². The summed E-state index contributed by atoms with van der Waals surface area (Å²) >= 11 is 0. The summed E-state index contributed by atoms with van der Waals surface area (Å²) in [7, 11) is 0. The fraction of sp³-hybridized carbons (Fsp3) is 0.391. The van der Waals surface area contributed by atoms with Crippen LogP contribution in [-0.2, 0) is 13.1 Å². The minimum atomic E-state index is -0.387. The van der Waals surface area contributed by atoms with Gasteiger partial charge in [0.2, 0.25) is 0 Å². The molecule has 0 aromatic carbocycles. The first kappa shape index (κ1) is 22.0. The van der Waals surface area contributed by atoms with E-state index in [1.54, 1.807) is 39.9 Å². The Bertz CT molecular complexity index is 1220. The lowest BCUT2D eigenvalue weighted by atomic mass is 10.1. The van der Waals surface area contributed by atoms with Crippen molar-refractivity contribution in [2.45, 2.75) is 38.9 Å². The third-order valence-corrected chi connectivity index (χ3v) is 6.22. The molecule has 0 radical (unpaired) electrons. The van der Waals surface area contributed by atoms with Crippen LogP contribution in [0.5, 0.6) is 0 Å². The number of hydrogen-bond acceptors (Lipinski definition) is 7. The highest BCUT2D eigenvalue weighted by Crippen LogP contribution is 2.25. The number of nitrogens with zero attached hydrogens (tertiary/aromatic N) is 7. The second-order valence-corrected chi connectivity index (χ2v) is 8.63. The zero-order valence-electron chi connectivity index (χ0n) is 18.9. The van der Waals surface area contributed by atoms with Crippen LogP contribution >= 0.6 is 0 Å². The Kier molecular flexibility index (Phi) is 5.93. The molecule has 0 bridgehead atoms. The molecule has 34 heavy (non-hydrogen) atoms. The summed E-state index contributed by atoms with van der Waals surface area (Å²) < 4.78 is 1.73. The molecule has 5 heterocycles. The molecule has 0 unspecified atom stereocenters. The van der Waals surface area contributed by atoms with E-state index in [0.717, 1.165) is 37.1 Å². The number of aromatic nitrogens is 5. The minimum Gasteiger partial charge on any atom is -0.394 e. The van der Waals surface area contributed by atoms with Gasteiger partial charge in [-0.15, -0.1) is 10.2 Å². The quantitative estimate of drug-likeness (QED) is 0.594. The standard InChI is InChI=1S/C23H26N8O3/c1-15(13-32)31-14-25-28-21(31)18-5-4-6-20(26-18)27-22(33)19-9-16-11-30(12-17(16)10-24-19)23(34)29-7-2-3-8-29/h4-6,9-10,14-15,32H,2-3,7-8,11-13H2,1H3,(H,26,27,33)/t15-/m1/s1. The SMILES string of the molecule is C[C@H](CO)n1cnnc1-c1cccc(NC(=O)c2cc3c(cn2)CN(C(=O)N2CCCC2)C3)n1. The summed E-state index contributed by atoms with van der Waals surface area (Å²) in [5.74, 6) is 0.458. The Labute approximate surface area is 196 Å². The van der Waals surface area contributed by atoms with Crippen LogP contribution in [0.2, 0.25) is 0 Å². The van der Waals surface area contributed by atoms with E-state index in [9.17, 15) is 14.7 Å². The van der Waals surface area contributed by atoms with E-state index in [2.05, 4.69) is 25.5 Å². The highest BCUT2D eigenvalue weighted by Gasteiger charge is 2.29. The van der Waals surface area contributed by atoms with Crippen LogP contribution in [0, 0.1) is 0 Å². The van der Waals surface area contributed by atoms with Crippen LogP contribution in [-0.4, -0.2) is 71.3 Å². The van der Waals surface area contributed by atoms with Crippen molar-refractivity contribution in [1.82, 2.24) is 34.5 Å². The summed E-state index contributed by atoms with van der Waals surface area (Å²) in [5, 5.41) is 20.3. The van der Waals surface area contributed by atoms with Crippen molar-refractivity contribution in [3.63, 3.8) is 0 Å². The fourth-order valence-corrected chi connectivity index (χ4v) is 4.30. The maximum Gasteiger partial charge on any atom is 0.320 e. The second-order valence-electron chi connectivity index (χ2n) is 8.63. The van der Waals surface area contributed by atoms with Gasteiger partial charge in [-0.3, -0.25) is 9.78 Å². The number of carbonyl (C=O) groups excluding carboxylic acids is 2. The molecule has 11 heteroatoms. The number of fused-ring (bicyclic) bond motifs is 1. The molecule has 3 aromatic heterocycles. The number of nitrogens with one attached hydrogen (secondary N) is 1. The predicted molar refractivity (Wildman–Crippen MR) is 123 cm³/mol. The van der Waals surface area contributed by atoms with Crippen LogP contribution in [0.4, 0.5) is 10.6 Å². The molecular formula is C23H26N8O3. The molecule has 1 atom stereocenters. The number of pyridine rings is 2. The summed E-state index contributed by atoms with van der Waals surface area (Å²) in [6, 6.07) is 6.78. The van der Waals surface area contributed by atoms with Gasteiger partial charge in [0.1, 0.15) is 23.5 Å². The van der Waals surface area contributed by atoms with Gasteiger partial charge in [0.05, 0.1) is 12.6 Å². The second kappa shape index (κ2) is 9.18. The lowest BCUT2D eigenvalue weighted by Crippen LogP contribution is -2.38. The summed E-state index contributed by atoms with van der Waals surface area (Å²) in [5.41, 5.74) is 2.68. The normalized spacial score (nSPS) is 15.9. The topological polar surface area (TPSA) is 129 Å². The van der Waals surface area contributed by atoms with Gasteiger partial charge in [0.25, 0.3) is 5.91 Å². The largest absolute Gasteiger partial charge is 0.394 e. The van der Waals surface area contributed by atoms with E-state index in [4.69, 9.17) is 0 Å². The molecule has 2 N–H and O–H groups in total. The molecule has 0 spiro atoms. The molecule has 2 aliphatic rings. The highest BCUT2D eigenvalue weighted by molar-refractivity contribution is 6.02. The number of hydrogen-bond donors (Lipinski definition) is 2. The summed E-state index contributed by atoms with van der Waals surface area (Å²) in [4.78, 5) is 38.1. The number of anilines is 1. The average molecular weight is 463 g/mol. The number of likely N-dealkylation sites (tertiary alicyclic amines) is 1. The lowest BCUT2D eigenvalue weighted by molar-refractivity contribution is 0.102. The zero-order valence-corrected chi connectivity index (χ0v) is 18.9. The van der Waals surface area contributed by atoms with Crippen molar-refractivity contribution >= 4 is 17.8 Å². The number of rotatable bonds is 5. The molecular weight excluding hydrogens is 436 g/mol. The Hall–Kier alpha value is -3.86. The molecule has 11 nitrogen and oxygen atoms in total. The third-order valence-electron chi connectivity index (χ3n) is 6.22. The van der Waals surface area contributed by atoms with Crippen molar-refractivity contribution in [1.29, 1.82) is 0 Å². The van der Waals surface area contributed by atoms with Gasteiger partial charge in [0.15, 0.2) is 5.82 Å². The number of carbonyl (C=O) groups is 2. The van der Waals surface area contributed by atoms with Gasteiger partial charge in [0, 0.05) is 32.4 Å². The van der Waals surface area contributed by atoms with Crippen molar-refractivity contribution < 1.29 is 14.7 Å². The van der Waals surface area contributed by atoms with E-state index in [-0.39, 0.29) is 30.3 Å². The monoisotopic (exact) mass is 462 g/mol. The van der Waals surface area contributed by atoms with Gasteiger partial charge in [-0.05, 0) is 49.1 Å². The molecule has 3 aromatic rings. The maximum absolute atomic E-state index is 12.9. The van der Waals surface area contributed by atoms with Crippen LogP contribution in [0.1, 0.15) is 47.4 Å². The van der Waals surface area contributed by atoms with Gasteiger partial charge in [-0.2, -0.15) is 0 Å². The lowest BCUT2D eigenvalue weighted by Gasteiger charge is -2.23. The van der Waals surface area contributed by atoms with E-state index >= 15 is 0 Å². The first-order valence-electron chi connectivity index (χ1n) is 11.3. The molecule has 3 amide bonds. The van der Waals surface area contributed by atoms with E-state index in [1.807, 2.05) is 11.8 Å². The Morgan fingerprint density at radius 2 is 1.94 bits per heavy atom. The Balaban J connectivity index is 1.29. The van der Waals surface area contributed by atoms with Gasteiger partial charge in [-0.1, -0.05) is 6.07 Å². The number of aliphatic hydroxyl groups excluding tert-OH is 1. The van der Waals surface area contributed by atoms with Crippen molar-refractivity contribution in [3.8, 4) is 11.5 Å². The molecule has 1 saturated heterocycles. The van der Waals surface area contributed by atoms with Gasteiger partial charge >= 0.3 is 6.03 Å². The molecule has 2 aliphatic heterocycles. The molecule has 0 aliphatic carbocycles. The van der Waals surface area contributed by atoms with Gasteiger partial charge < -0.3 is 24.8 Å². The first-order valence-corrected chi connectivity index (χ1v) is 11.3.